The van der Waals surface area contributed by atoms with Crippen molar-refractivity contribution in [2.45, 2.75) is 105 Å². The number of hydrogen-bond donors (Lipinski definition) is 1. The molecule has 36 heavy (non-hydrogen) atoms. The molecule has 0 bridgehead atoms. The van der Waals surface area contributed by atoms with Crippen molar-refractivity contribution in [1.82, 2.24) is 4.90 Å². The van der Waals surface area contributed by atoms with Crippen molar-refractivity contribution in [3.8, 4) is 0 Å². The second-order valence-electron chi connectivity index (χ2n) is 8.92. The third-order valence-electron chi connectivity index (χ3n) is 6.03. The van der Waals surface area contributed by atoms with Gasteiger partial charge in [0, 0.05) is 51.7 Å². The summed E-state index contributed by atoms with van der Waals surface area (Å²) < 4.78 is 36.4. The van der Waals surface area contributed by atoms with Gasteiger partial charge < -0.3 is 37.2 Å². The summed E-state index contributed by atoms with van der Waals surface area (Å²) in [6.45, 7) is 19.8. The highest BCUT2D eigenvalue weighted by Crippen LogP contribution is 2.21. The quantitative estimate of drug-likeness (QED) is 0.101. The fourth-order valence-corrected chi connectivity index (χ4v) is 9.75. The van der Waals surface area contributed by atoms with E-state index in [1.165, 1.54) is 32.1 Å². The first-order valence-corrected chi connectivity index (χ1v) is 18.6. The Kier molecular flexibility index (Phi) is 24.3. The molecule has 0 rings (SSSR count). The highest BCUT2D eigenvalue weighted by atomic mass is 28.4. The maximum absolute atomic E-state index is 6.07. The summed E-state index contributed by atoms with van der Waals surface area (Å²) in [5.41, 5.74) is 5.62. The van der Waals surface area contributed by atoms with Crippen LogP contribution in [-0.4, -0.2) is 88.3 Å². The average molecular weight is 553 g/mol. The maximum atomic E-state index is 6.07. The molecular formula is C26H60N2O6Si2. The van der Waals surface area contributed by atoms with Crippen molar-refractivity contribution < 1.29 is 26.6 Å². The van der Waals surface area contributed by atoms with Gasteiger partial charge in [0.15, 0.2) is 0 Å². The molecule has 0 saturated heterocycles. The van der Waals surface area contributed by atoms with Gasteiger partial charge >= 0.3 is 17.6 Å². The molecule has 2 N–H and O–H groups in total. The van der Waals surface area contributed by atoms with Crippen molar-refractivity contribution in [2.24, 2.45) is 5.73 Å². The first-order valence-electron chi connectivity index (χ1n) is 14.8. The largest absolute Gasteiger partial charge is 0.500 e. The van der Waals surface area contributed by atoms with Crippen LogP contribution in [0.15, 0.2) is 0 Å². The van der Waals surface area contributed by atoms with Gasteiger partial charge in [-0.1, -0.05) is 25.7 Å². The minimum absolute atomic E-state index is 0.624. The lowest BCUT2D eigenvalue weighted by Gasteiger charge is -2.31. The molecule has 8 nitrogen and oxygen atoms in total. The molecule has 10 heteroatoms. The molecule has 0 aromatic rings. The van der Waals surface area contributed by atoms with Crippen molar-refractivity contribution in [3.63, 3.8) is 0 Å². The zero-order valence-corrected chi connectivity index (χ0v) is 26.6. The van der Waals surface area contributed by atoms with Crippen LogP contribution in [0.1, 0.15) is 92.9 Å². The van der Waals surface area contributed by atoms with E-state index >= 15 is 0 Å². The fraction of sp³-hybridized carbons (Fsp3) is 1.00. The summed E-state index contributed by atoms with van der Waals surface area (Å²) in [4.78, 5) is 2.59. The molecule has 0 saturated carbocycles. The summed E-state index contributed by atoms with van der Waals surface area (Å²) in [5.74, 6) is 0. The van der Waals surface area contributed by atoms with Crippen molar-refractivity contribution >= 4 is 17.6 Å². The summed E-state index contributed by atoms with van der Waals surface area (Å²) in [6.07, 6.45) is 9.47. The lowest BCUT2D eigenvalue weighted by molar-refractivity contribution is 0.0692. The smallest absolute Gasteiger partial charge is 0.374 e. The average Bonchev–Trinajstić information content (AvgIpc) is 2.84. The molecule has 0 amide bonds. The molecule has 0 fully saturated rings. The minimum Gasteiger partial charge on any atom is -0.374 e. The zero-order valence-electron chi connectivity index (χ0n) is 24.6. The highest BCUT2D eigenvalue weighted by molar-refractivity contribution is 6.61. The molecule has 0 radical (unpaired) electrons. The van der Waals surface area contributed by atoms with E-state index in [9.17, 15) is 0 Å². The fourth-order valence-electron chi connectivity index (χ4n) is 4.56. The van der Waals surface area contributed by atoms with Crippen molar-refractivity contribution in [3.05, 3.63) is 0 Å². The Morgan fingerprint density at radius 2 is 0.750 bits per heavy atom. The van der Waals surface area contributed by atoms with E-state index in [1.54, 1.807) is 0 Å². The second kappa shape index (κ2) is 24.2. The van der Waals surface area contributed by atoms with E-state index < -0.39 is 17.6 Å². The Hall–Kier alpha value is 0.114. The van der Waals surface area contributed by atoms with Gasteiger partial charge in [-0.15, -0.1) is 0 Å². The first-order chi connectivity index (χ1) is 17.5. The van der Waals surface area contributed by atoms with Crippen LogP contribution in [0.3, 0.4) is 0 Å². The maximum Gasteiger partial charge on any atom is 0.500 e. The van der Waals surface area contributed by atoms with Crippen LogP contribution in [0, 0.1) is 0 Å². The topological polar surface area (TPSA) is 84.6 Å². The Balaban J connectivity index is 4.99. The first kappa shape index (κ1) is 36.1. The van der Waals surface area contributed by atoms with Crippen molar-refractivity contribution in [1.29, 1.82) is 0 Å². The predicted octanol–water partition coefficient (Wildman–Crippen LogP) is 5.46. The molecule has 0 aliphatic rings. The van der Waals surface area contributed by atoms with Gasteiger partial charge in [-0.25, -0.2) is 0 Å². The van der Waals surface area contributed by atoms with Gasteiger partial charge in [0.1, 0.15) is 0 Å². The normalized spacial score (nSPS) is 12.7. The van der Waals surface area contributed by atoms with Gasteiger partial charge in [-0.05, 0) is 93.4 Å². The van der Waals surface area contributed by atoms with E-state index in [1.807, 2.05) is 41.5 Å². The van der Waals surface area contributed by atoms with E-state index in [0.29, 0.717) is 39.6 Å². The van der Waals surface area contributed by atoms with Crippen molar-refractivity contribution in [2.75, 3.05) is 65.8 Å². The van der Waals surface area contributed by atoms with Gasteiger partial charge in [-0.2, -0.15) is 0 Å². The van der Waals surface area contributed by atoms with Crippen LogP contribution in [-0.2, 0) is 26.6 Å². The van der Waals surface area contributed by atoms with Gasteiger partial charge in [0.05, 0.1) is 0 Å². The van der Waals surface area contributed by atoms with Crippen LogP contribution in [0.4, 0.5) is 0 Å². The van der Waals surface area contributed by atoms with E-state index in [4.69, 9.17) is 32.3 Å². The molecule has 0 heterocycles. The summed E-state index contributed by atoms with van der Waals surface area (Å²) in [5, 5.41) is 0. The Morgan fingerprint density at radius 3 is 1.08 bits per heavy atom. The monoisotopic (exact) mass is 552 g/mol. The lowest BCUT2D eigenvalue weighted by atomic mass is 10.1. The Labute approximate surface area is 225 Å². The van der Waals surface area contributed by atoms with Crippen LogP contribution in [0.5, 0.6) is 0 Å². The minimum atomic E-state index is -2.60. The number of unbranched alkanes of at least 4 members (excludes halogenated alkanes) is 5. The SMILES string of the molecule is CCO[Si](CCCN(CCCCCCCCN)CCC[Si](OCC)(OCC)OCC)(OCC)OCC. The van der Waals surface area contributed by atoms with Gasteiger partial charge in [0.2, 0.25) is 0 Å². The van der Waals surface area contributed by atoms with E-state index in [2.05, 4.69) is 4.90 Å². The van der Waals surface area contributed by atoms with Gasteiger partial charge in [0.25, 0.3) is 0 Å². The predicted molar refractivity (Wildman–Crippen MR) is 153 cm³/mol. The molecule has 0 unspecified atom stereocenters. The molecule has 218 valence electrons. The molecular weight excluding hydrogens is 492 g/mol. The summed E-state index contributed by atoms with van der Waals surface area (Å²) >= 11 is 0. The number of nitrogens with two attached hydrogens (primary N) is 1. The molecule has 0 aromatic carbocycles. The third kappa shape index (κ3) is 16.9. The molecule has 0 atom stereocenters. The molecule has 0 aliphatic carbocycles. The molecule has 0 aromatic heterocycles. The number of nitrogens with zero attached hydrogens (tertiary/aromatic N) is 1. The molecule has 0 aliphatic heterocycles. The lowest BCUT2D eigenvalue weighted by Crippen LogP contribution is -2.47. The van der Waals surface area contributed by atoms with Crippen LogP contribution in [0.2, 0.25) is 12.1 Å². The summed E-state index contributed by atoms with van der Waals surface area (Å²) in [6, 6.07) is 1.71. The second-order valence-corrected chi connectivity index (χ2v) is 14.4. The van der Waals surface area contributed by atoms with Crippen LogP contribution in [0.25, 0.3) is 0 Å². The van der Waals surface area contributed by atoms with Crippen LogP contribution < -0.4 is 5.73 Å². The zero-order chi connectivity index (χ0) is 27.0. The van der Waals surface area contributed by atoms with E-state index in [-0.39, 0.29) is 0 Å². The van der Waals surface area contributed by atoms with Gasteiger partial charge in [-0.3, -0.25) is 0 Å². The number of rotatable bonds is 28. The standard InChI is InChI=1S/C26H60N2O6Si2/c1-7-29-35(30-8-2,31-9-3)25-19-23-28(22-18-16-14-13-15-17-21-27)24-20-26-36(32-10-4,33-11-5)34-12-6/h7-27H2,1-6H3. The Morgan fingerprint density at radius 1 is 0.444 bits per heavy atom. The van der Waals surface area contributed by atoms with E-state index in [0.717, 1.165) is 57.5 Å². The Bertz CT molecular complexity index is 414. The molecule has 0 spiro atoms. The number of hydrogen-bond acceptors (Lipinski definition) is 8. The van der Waals surface area contributed by atoms with Crippen LogP contribution >= 0.6 is 0 Å². The highest BCUT2D eigenvalue weighted by Gasteiger charge is 2.41. The summed E-state index contributed by atoms with van der Waals surface area (Å²) in [7, 11) is -5.21. The third-order valence-corrected chi connectivity index (χ3v) is 12.3.